The van der Waals surface area contributed by atoms with Crippen molar-refractivity contribution in [2.75, 3.05) is 36.9 Å². The molecule has 3 heterocycles. The van der Waals surface area contributed by atoms with Gasteiger partial charge in [-0.15, -0.1) is 0 Å². The highest BCUT2D eigenvalue weighted by molar-refractivity contribution is 5.94. The Bertz CT molecular complexity index is 1270. The molecule has 0 bridgehead atoms. The van der Waals surface area contributed by atoms with Crippen LogP contribution in [0.15, 0.2) is 47.4 Å². The summed E-state index contributed by atoms with van der Waals surface area (Å²) in [6.07, 6.45) is 1.73. The predicted molar refractivity (Wildman–Crippen MR) is 121 cm³/mol. The number of pyridine rings is 1. The van der Waals surface area contributed by atoms with Crippen LogP contribution in [0, 0.1) is 6.92 Å². The second-order valence-corrected chi connectivity index (χ2v) is 8.07. The van der Waals surface area contributed by atoms with E-state index in [2.05, 4.69) is 5.32 Å². The highest BCUT2D eigenvalue weighted by Gasteiger charge is 2.24. The minimum Gasteiger partial charge on any atom is -0.478 e. The Labute approximate surface area is 184 Å². The fraction of sp³-hybridized carbons (Fsp3) is 0.304. The van der Waals surface area contributed by atoms with Gasteiger partial charge in [0.25, 0.3) is 5.56 Å². The lowest BCUT2D eigenvalue weighted by Gasteiger charge is -2.32. The number of anilines is 2. The number of amides is 1. The number of carboxylic acid groups (broad SMARTS) is 1. The van der Waals surface area contributed by atoms with Crippen LogP contribution >= 0.6 is 0 Å². The summed E-state index contributed by atoms with van der Waals surface area (Å²) in [7, 11) is 1.76. The molecule has 1 aliphatic heterocycles. The maximum absolute atomic E-state index is 12.9. The fourth-order valence-electron chi connectivity index (χ4n) is 3.90. The minimum absolute atomic E-state index is 0.0253. The van der Waals surface area contributed by atoms with Gasteiger partial charge in [-0.2, -0.15) is 0 Å². The zero-order valence-corrected chi connectivity index (χ0v) is 18.2. The van der Waals surface area contributed by atoms with E-state index >= 15 is 0 Å². The number of likely N-dealkylation sites (N-methyl/N-ethyl adjacent to an activating group) is 1. The van der Waals surface area contributed by atoms with Gasteiger partial charge in [0.15, 0.2) is 0 Å². The summed E-state index contributed by atoms with van der Waals surface area (Å²) in [6, 6.07) is 9.74. The first-order valence-corrected chi connectivity index (χ1v) is 10.4. The second-order valence-electron chi connectivity index (χ2n) is 8.07. The van der Waals surface area contributed by atoms with Gasteiger partial charge < -0.3 is 20.2 Å². The molecule has 2 N–H and O–H groups in total. The summed E-state index contributed by atoms with van der Waals surface area (Å²) >= 11 is 0. The highest BCUT2D eigenvalue weighted by atomic mass is 16.4. The Kier molecular flexibility index (Phi) is 5.56. The molecule has 0 radical (unpaired) electrons. The number of carbonyl (C=O) groups is 2. The number of nitrogens with zero attached hydrogens (tertiary/aromatic N) is 4. The monoisotopic (exact) mass is 435 g/mol. The Morgan fingerprint density at radius 2 is 1.94 bits per heavy atom. The van der Waals surface area contributed by atoms with Gasteiger partial charge in [-0.1, -0.05) is 12.1 Å². The van der Waals surface area contributed by atoms with Gasteiger partial charge in [-0.25, -0.2) is 9.78 Å². The Morgan fingerprint density at radius 3 is 2.66 bits per heavy atom. The van der Waals surface area contributed by atoms with E-state index in [4.69, 9.17) is 4.98 Å². The molecule has 2 aromatic heterocycles. The van der Waals surface area contributed by atoms with E-state index in [1.807, 2.05) is 24.8 Å². The number of fused-ring (bicyclic) bond motifs is 1. The number of hydrogen-bond donors (Lipinski definition) is 2. The Morgan fingerprint density at radius 1 is 1.19 bits per heavy atom. The number of aromatic carboxylic acids is 1. The normalized spacial score (nSPS) is 15.2. The van der Waals surface area contributed by atoms with E-state index in [0.717, 1.165) is 11.1 Å². The molecular weight excluding hydrogens is 410 g/mol. The van der Waals surface area contributed by atoms with Crippen LogP contribution in [0.4, 0.5) is 11.5 Å². The molecule has 1 amide bonds. The summed E-state index contributed by atoms with van der Waals surface area (Å²) in [6.45, 7) is 5.10. The average molecular weight is 435 g/mol. The lowest BCUT2D eigenvalue weighted by atomic mass is 10.1. The van der Waals surface area contributed by atoms with Gasteiger partial charge >= 0.3 is 5.97 Å². The van der Waals surface area contributed by atoms with Crippen LogP contribution in [-0.4, -0.2) is 57.9 Å². The maximum Gasteiger partial charge on any atom is 0.337 e. The van der Waals surface area contributed by atoms with Crippen molar-refractivity contribution in [3.63, 3.8) is 0 Å². The molecule has 1 atom stereocenters. The predicted octanol–water partition coefficient (Wildman–Crippen LogP) is 2.15. The van der Waals surface area contributed by atoms with E-state index in [1.54, 1.807) is 36.3 Å². The molecule has 4 rings (SSSR count). The Balaban J connectivity index is 1.77. The number of aromatic nitrogens is 2. The van der Waals surface area contributed by atoms with E-state index in [1.165, 1.54) is 16.5 Å². The number of hydrogen-bond acceptors (Lipinski definition) is 6. The summed E-state index contributed by atoms with van der Waals surface area (Å²) in [5.74, 6) is -0.590. The zero-order valence-electron chi connectivity index (χ0n) is 18.2. The summed E-state index contributed by atoms with van der Waals surface area (Å²) < 4.78 is 1.49. The van der Waals surface area contributed by atoms with Gasteiger partial charge in [0.1, 0.15) is 11.5 Å². The third kappa shape index (κ3) is 4.01. The number of benzene rings is 1. The van der Waals surface area contributed by atoms with Gasteiger partial charge in [0, 0.05) is 43.7 Å². The number of carbonyl (C=O) groups excluding carboxylic acids is 1. The molecule has 9 nitrogen and oxygen atoms in total. The van der Waals surface area contributed by atoms with Crippen molar-refractivity contribution < 1.29 is 14.7 Å². The molecule has 32 heavy (non-hydrogen) atoms. The summed E-state index contributed by atoms with van der Waals surface area (Å²) in [4.78, 5) is 44.9. The van der Waals surface area contributed by atoms with E-state index in [9.17, 15) is 19.5 Å². The molecular formula is C23H25N5O4. The van der Waals surface area contributed by atoms with Crippen LogP contribution in [0.5, 0.6) is 0 Å². The van der Waals surface area contributed by atoms with Crippen molar-refractivity contribution in [1.82, 2.24) is 14.3 Å². The van der Waals surface area contributed by atoms with Crippen LogP contribution in [0.25, 0.3) is 5.65 Å². The van der Waals surface area contributed by atoms with Gasteiger partial charge in [0.05, 0.1) is 18.2 Å². The van der Waals surface area contributed by atoms with Crippen molar-refractivity contribution in [3.05, 3.63) is 69.6 Å². The molecule has 1 aliphatic rings. The molecule has 1 saturated heterocycles. The topological polar surface area (TPSA) is 107 Å². The molecule has 1 unspecified atom stereocenters. The van der Waals surface area contributed by atoms with Crippen LogP contribution in [0.3, 0.4) is 0 Å². The van der Waals surface area contributed by atoms with E-state index < -0.39 is 5.97 Å². The van der Waals surface area contributed by atoms with Crippen molar-refractivity contribution in [3.8, 4) is 0 Å². The Hall–Kier alpha value is -3.88. The maximum atomic E-state index is 12.9. The lowest BCUT2D eigenvalue weighted by molar-refractivity contribution is -0.129. The largest absolute Gasteiger partial charge is 0.478 e. The first kappa shape index (κ1) is 21.4. The molecule has 0 aliphatic carbocycles. The first-order chi connectivity index (χ1) is 15.2. The standard InChI is InChI=1S/C23H25N5O4/c1-14-10-17(15(2)24-18-7-5-4-6-16(18)23(31)32)22-25-19(11-20(29)28(22)12-14)27-9-8-26(3)21(30)13-27/h4-7,10-12,15,24H,8-9,13H2,1-3H3,(H,31,32). The minimum atomic E-state index is -1.02. The third-order valence-electron chi connectivity index (χ3n) is 5.69. The summed E-state index contributed by atoms with van der Waals surface area (Å²) in [5, 5.41) is 12.7. The van der Waals surface area contributed by atoms with E-state index in [0.29, 0.717) is 30.2 Å². The second kappa shape index (κ2) is 8.33. The van der Waals surface area contributed by atoms with E-state index in [-0.39, 0.29) is 29.6 Å². The molecule has 1 aromatic carbocycles. The van der Waals surface area contributed by atoms with Crippen molar-refractivity contribution >= 4 is 29.0 Å². The quantitative estimate of drug-likeness (QED) is 0.632. The number of carboxylic acids is 1. The number of nitrogens with one attached hydrogen (secondary N) is 1. The molecule has 0 saturated carbocycles. The molecule has 0 spiro atoms. The highest BCUT2D eigenvalue weighted by Crippen LogP contribution is 2.26. The lowest BCUT2D eigenvalue weighted by Crippen LogP contribution is -2.49. The van der Waals surface area contributed by atoms with Crippen LogP contribution < -0.4 is 15.8 Å². The molecule has 3 aromatic rings. The molecule has 166 valence electrons. The average Bonchev–Trinajstić information content (AvgIpc) is 2.75. The van der Waals surface area contributed by atoms with Gasteiger partial charge in [0.2, 0.25) is 5.91 Å². The van der Waals surface area contributed by atoms with Crippen molar-refractivity contribution in [1.29, 1.82) is 0 Å². The molecule has 1 fully saturated rings. The van der Waals surface area contributed by atoms with Crippen molar-refractivity contribution in [2.24, 2.45) is 0 Å². The summed E-state index contributed by atoms with van der Waals surface area (Å²) in [5.41, 5.74) is 2.51. The third-order valence-corrected chi connectivity index (χ3v) is 5.69. The number of piperazine rings is 1. The molecule has 9 heteroatoms. The van der Waals surface area contributed by atoms with Crippen LogP contribution in [-0.2, 0) is 4.79 Å². The fourth-order valence-corrected chi connectivity index (χ4v) is 3.90. The van der Waals surface area contributed by atoms with Gasteiger partial charge in [-0.05, 0) is 37.6 Å². The van der Waals surface area contributed by atoms with Gasteiger partial charge in [-0.3, -0.25) is 14.0 Å². The number of para-hydroxylation sites is 1. The van der Waals surface area contributed by atoms with Crippen LogP contribution in [0.2, 0.25) is 0 Å². The smallest absolute Gasteiger partial charge is 0.337 e. The van der Waals surface area contributed by atoms with Crippen molar-refractivity contribution in [2.45, 2.75) is 19.9 Å². The zero-order chi connectivity index (χ0) is 23.0. The number of aryl methyl sites for hydroxylation is 1. The number of rotatable bonds is 5. The van der Waals surface area contributed by atoms with Crippen LogP contribution in [0.1, 0.15) is 34.5 Å². The SMILES string of the molecule is Cc1cc(C(C)Nc2ccccc2C(=O)O)c2nc(N3CCN(C)C(=O)C3)cc(=O)n2c1. The first-order valence-electron chi connectivity index (χ1n) is 10.4.